The SMILES string of the molecule is COc1ccc(C(=O)O[C@@H]2C[C@H](n3cnc4c(=O)[nH]c(N)nc43)OC2COP(=O)(O)OP(=O)(O)OP(=O)(O)O)c(C(C)N)c1. The first-order chi connectivity index (χ1) is 20.4. The van der Waals surface area contributed by atoms with Crippen LogP contribution in [0.4, 0.5) is 5.95 Å². The quantitative estimate of drug-likeness (QED) is 0.101. The number of carbonyl (C=O) groups is 1. The molecule has 1 aliphatic rings. The van der Waals surface area contributed by atoms with E-state index in [1.807, 2.05) is 0 Å². The van der Waals surface area contributed by atoms with Gasteiger partial charge in [0.2, 0.25) is 5.95 Å². The van der Waals surface area contributed by atoms with Gasteiger partial charge in [-0.05, 0) is 30.7 Å². The highest BCUT2D eigenvalue weighted by Gasteiger charge is 2.44. The van der Waals surface area contributed by atoms with Crippen molar-refractivity contribution in [2.75, 3.05) is 19.5 Å². The molecule has 242 valence electrons. The molecule has 4 unspecified atom stereocenters. The van der Waals surface area contributed by atoms with Crippen LogP contribution in [0.1, 0.15) is 41.5 Å². The van der Waals surface area contributed by atoms with Crippen LogP contribution < -0.4 is 21.8 Å². The molecule has 4 rings (SSSR count). The maximum atomic E-state index is 13.3. The average molecular weight is 684 g/mol. The Morgan fingerprint density at radius 2 is 1.91 bits per heavy atom. The van der Waals surface area contributed by atoms with Crippen molar-refractivity contribution in [2.24, 2.45) is 5.73 Å². The minimum Gasteiger partial charge on any atom is -0.497 e. The fourth-order valence-corrected chi connectivity index (χ4v) is 7.23. The third-order valence-electron chi connectivity index (χ3n) is 5.99. The van der Waals surface area contributed by atoms with Crippen LogP contribution in [0.2, 0.25) is 0 Å². The lowest BCUT2D eigenvalue weighted by molar-refractivity contribution is -0.0490. The summed E-state index contributed by atoms with van der Waals surface area (Å²) in [4.78, 5) is 72.6. The molecule has 2 aromatic heterocycles. The zero-order valence-corrected chi connectivity index (χ0v) is 25.3. The molecule has 21 nitrogen and oxygen atoms in total. The van der Waals surface area contributed by atoms with Crippen molar-refractivity contribution in [1.29, 1.82) is 0 Å². The molecule has 3 heterocycles. The molecule has 24 heteroatoms. The normalized spacial score (nSPS) is 22.3. The summed E-state index contributed by atoms with van der Waals surface area (Å²) in [5, 5.41) is 0. The molecule has 44 heavy (non-hydrogen) atoms. The number of phosphoric acid groups is 3. The maximum Gasteiger partial charge on any atom is 0.490 e. The van der Waals surface area contributed by atoms with E-state index >= 15 is 0 Å². The Hall–Kier alpha value is -3.03. The zero-order valence-electron chi connectivity index (χ0n) is 22.7. The Kier molecular flexibility index (Phi) is 9.82. The fraction of sp³-hybridized carbons (Fsp3) is 0.400. The van der Waals surface area contributed by atoms with Crippen LogP contribution in [0.15, 0.2) is 29.3 Å². The average Bonchev–Trinajstić information content (AvgIpc) is 3.48. The Morgan fingerprint density at radius 1 is 1.20 bits per heavy atom. The molecule has 1 aromatic carbocycles. The Labute approximate surface area is 246 Å². The van der Waals surface area contributed by atoms with Crippen molar-refractivity contribution >= 4 is 46.5 Å². The molecule has 1 aliphatic heterocycles. The molecule has 9 N–H and O–H groups in total. The van der Waals surface area contributed by atoms with Gasteiger partial charge in [-0.1, -0.05) is 0 Å². The van der Waals surface area contributed by atoms with Gasteiger partial charge in [-0.25, -0.2) is 23.5 Å². The number of rotatable bonds is 12. The van der Waals surface area contributed by atoms with Gasteiger partial charge in [0.05, 0.1) is 25.6 Å². The number of esters is 1. The van der Waals surface area contributed by atoms with E-state index in [-0.39, 0.29) is 29.1 Å². The number of aromatic nitrogens is 4. The highest BCUT2D eigenvalue weighted by Crippen LogP contribution is 2.66. The van der Waals surface area contributed by atoms with Crippen LogP contribution in [0.5, 0.6) is 5.75 Å². The van der Waals surface area contributed by atoms with Crippen molar-refractivity contribution in [2.45, 2.75) is 37.8 Å². The summed E-state index contributed by atoms with van der Waals surface area (Å²) in [5.74, 6) is -0.704. The van der Waals surface area contributed by atoms with E-state index in [1.165, 1.54) is 36.2 Å². The van der Waals surface area contributed by atoms with Gasteiger partial charge < -0.3 is 45.3 Å². The smallest absolute Gasteiger partial charge is 0.490 e. The highest BCUT2D eigenvalue weighted by atomic mass is 31.3. The molecule has 0 saturated carbocycles. The van der Waals surface area contributed by atoms with Gasteiger partial charge in [-0.2, -0.15) is 13.6 Å². The summed E-state index contributed by atoms with van der Waals surface area (Å²) in [6.45, 7) is 0.681. The topological polar surface area (TPSA) is 320 Å². The standard InChI is InChI=1S/C20H27N6O15P3/c1-9(21)12-5-10(36-2)3-4-11(12)19(28)39-13-6-15(26-8-23-16-17(26)24-20(22)25-18(16)27)38-14(13)7-37-43(32,33)41-44(34,35)40-42(29,30)31/h3-5,8-9,13-15H,6-7,21H2,1-2H3,(H,32,33)(H,34,35)(H2,29,30,31)(H3,22,24,25,27)/t9?,13-,14?,15-/m1/s1. The number of aromatic amines is 1. The first-order valence-electron chi connectivity index (χ1n) is 12.2. The van der Waals surface area contributed by atoms with Gasteiger partial charge in [0.25, 0.3) is 5.56 Å². The molecule has 3 aromatic rings. The first-order valence-corrected chi connectivity index (χ1v) is 16.7. The number of hydrogen-bond donors (Lipinski definition) is 7. The van der Waals surface area contributed by atoms with Crippen LogP contribution >= 0.6 is 23.5 Å². The molecule has 0 aliphatic carbocycles. The molecular formula is C20H27N6O15P3. The summed E-state index contributed by atoms with van der Waals surface area (Å²) in [5.41, 5.74) is 11.3. The van der Waals surface area contributed by atoms with E-state index in [0.717, 1.165) is 0 Å². The monoisotopic (exact) mass is 684 g/mol. The minimum atomic E-state index is -5.80. The molecule has 6 atom stereocenters. The Bertz CT molecular complexity index is 1760. The fourth-order valence-electron chi connectivity index (χ4n) is 4.20. The van der Waals surface area contributed by atoms with Crippen molar-refractivity contribution in [1.82, 2.24) is 19.5 Å². The third kappa shape index (κ3) is 8.16. The van der Waals surface area contributed by atoms with E-state index in [1.54, 1.807) is 6.92 Å². The number of anilines is 1. The number of H-pyrrole nitrogens is 1. The van der Waals surface area contributed by atoms with Gasteiger partial charge in [0.1, 0.15) is 24.2 Å². The van der Waals surface area contributed by atoms with Gasteiger partial charge in [-0.15, -0.1) is 0 Å². The zero-order chi connectivity index (χ0) is 32.6. The summed E-state index contributed by atoms with van der Waals surface area (Å²) >= 11 is 0. The van der Waals surface area contributed by atoms with Crippen molar-refractivity contribution in [3.05, 3.63) is 46.0 Å². The summed E-state index contributed by atoms with van der Waals surface area (Å²) in [7, 11) is -15.6. The van der Waals surface area contributed by atoms with Crippen LogP contribution in [-0.4, -0.2) is 71.0 Å². The molecule has 0 spiro atoms. The van der Waals surface area contributed by atoms with Crippen LogP contribution in [0, 0.1) is 0 Å². The second kappa shape index (κ2) is 12.8. The third-order valence-corrected chi connectivity index (χ3v) is 9.79. The number of nitrogen functional groups attached to an aromatic ring is 1. The van der Waals surface area contributed by atoms with E-state index in [0.29, 0.717) is 11.3 Å². The minimum absolute atomic E-state index is 0.00994. The number of nitrogens with one attached hydrogen (secondary N) is 1. The van der Waals surface area contributed by atoms with E-state index < -0.39 is 66.1 Å². The van der Waals surface area contributed by atoms with Crippen LogP contribution in [0.3, 0.4) is 0 Å². The number of methoxy groups -OCH3 is 1. The van der Waals surface area contributed by atoms with E-state index in [4.69, 9.17) is 40.0 Å². The first kappa shape index (κ1) is 33.9. The number of nitrogens with two attached hydrogens (primary N) is 2. The summed E-state index contributed by atoms with van der Waals surface area (Å²) in [6, 6.07) is 3.81. The predicted octanol–water partition coefficient (Wildman–Crippen LogP) is 0.586. The van der Waals surface area contributed by atoms with Crippen molar-refractivity contribution in [3.8, 4) is 5.75 Å². The number of phosphoric ester groups is 1. The Morgan fingerprint density at radius 3 is 2.55 bits per heavy atom. The lowest BCUT2D eigenvalue weighted by Gasteiger charge is -2.22. The van der Waals surface area contributed by atoms with Gasteiger partial charge >= 0.3 is 29.4 Å². The maximum absolute atomic E-state index is 13.3. The number of carbonyl (C=O) groups excluding carboxylic acids is 1. The molecular weight excluding hydrogens is 657 g/mol. The van der Waals surface area contributed by atoms with Gasteiger partial charge in [0, 0.05) is 12.5 Å². The number of hydrogen-bond acceptors (Lipinski definition) is 15. The van der Waals surface area contributed by atoms with Crippen molar-refractivity contribution in [3.63, 3.8) is 0 Å². The summed E-state index contributed by atoms with van der Waals surface area (Å²) in [6.07, 6.45) is -2.69. The largest absolute Gasteiger partial charge is 0.497 e. The molecule has 0 bridgehead atoms. The van der Waals surface area contributed by atoms with Gasteiger partial charge in [-0.3, -0.25) is 18.9 Å². The second-order valence-electron chi connectivity index (χ2n) is 9.21. The number of benzene rings is 1. The number of fused-ring (bicyclic) bond motifs is 1. The molecule has 0 radical (unpaired) electrons. The van der Waals surface area contributed by atoms with E-state index in [9.17, 15) is 33.1 Å². The van der Waals surface area contributed by atoms with Gasteiger partial charge in [0.15, 0.2) is 11.2 Å². The molecule has 0 amide bonds. The number of ether oxygens (including phenoxy) is 3. The molecule has 1 fully saturated rings. The lowest BCUT2D eigenvalue weighted by Crippen LogP contribution is -2.31. The van der Waals surface area contributed by atoms with Crippen molar-refractivity contribution < 1.29 is 65.4 Å². The highest BCUT2D eigenvalue weighted by molar-refractivity contribution is 7.66. The Balaban J connectivity index is 1.61. The van der Waals surface area contributed by atoms with E-state index in [2.05, 4.69) is 23.6 Å². The molecule has 1 saturated heterocycles. The second-order valence-corrected chi connectivity index (χ2v) is 13.6. The summed E-state index contributed by atoms with van der Waals surface area (Å²) < 4.78 is 65.1. The van der Waals surface area contributed by atoms with Crippen LogP contribution in [-0.2, 0) is 36.3 Å². The lowest BCUT2D eigenvalue weighted by atomic mass is 10.0. The number of nitrogens with zero attached hydrogens (tertiary/aromatic N) is 3. The predicted molar refractivity (Wildman–Crippen MR) is 146 cm³/mol. The van der Waals surface area contributed by atoms with Crippen LogP contribution in [0.25, 0.3) is 11.2 Å². The number of imidazole rings is 1.